The molecule has 16 heavy (non-hydrogen) atoms. The molecule has 1 aliphatic rings. The second kappa shape index (κ2) is 3.67. The zero-order valence-electron chi connectivity index (χ0n) is 9.07. The van der Waals surface area contributed by atoms with Crippen LogP contribution in [0.15, 0.2) is 30.5 Å². The number of benzene rings is 1. The fourth-order valence-electron chi connectivity index (χ4n) is 2.36. The third-order valence-electron chi connectivity index (χ3n) is 3.16. The molecule has 1 saturated heterocycles. The van der Waals surface area contributed by atoms with E-state index in [0.717, 1.165) is 30.6 Å². The number of nitrogens with zero attached hydrogens (tertiary/aromatic N) is 1. The summed E-state index contributed by atoms with van der Waals surface area (Å²) in [5.74, 6) is 0.344. The molecule has 3 nitrogen and oxygen atoms in total. The minimum absolute atomic E-state index is 0.344. The molecule has 0 amide bonds. The first-order chi connectivity index (χ1) is 7.84. The molecule has 0 atom stereocenters. The number of carbonyl (C=O) groups is 1. The number of carbonyl (C=O) groups excluding carboxylic acids is 1. The molecule has 3 rings (SSSR count). The van der Waals surface area contributed by atoms with Crippen molar-refractivity contribution in [1.29, 1.82) is 0 Å². The van der Waals surface area contributed by atoms with Gasteiger partial charge in [-0.2, -0.15) is 0 Å². The fraction of sp³-hybridized carbons (Fsp3) is 0.308. The van der Waals surface area contributed by atoms with Crippen LogP contribution in [0.1, 0.15) is 12.8 Å². The molecule has 1 fully saturated rings. The minimum Gasteiger partial charge on any atom is -0.362 e. The van der Waals surface area contributed by atoms with Gasteiger partial charge in [0.05, 0.1) is 12.2 Å². The Morgan fingerprint density at radius 1 is 1.25 bits per heavy atom. The highest BCUT2D eigenvalue weighted by Gasteiger charge is 2.19. The van der Waals surface area contributed by atoms with Crippen molar-refractivity contribution in [1.82, 2.24) is 4.98 Å². The maximum absolute atomic E-state index is 11.5. The third-order valence-corrected chi connectivity index (χ3v) is 3.16. The lowest BCUT2D eigenvalue weighted by Gasteiger charge is -2.27. The number of aromatic amines is 1. The van der Waals surface area contributed by atoms with E-state index < -0.39 is 0 Å². The average molecular weight is 214 g/mol. The van der Waals surface area contributed by atoms with Gasteiger partial charge in [0.25, 0.3) is 0 Å². The van der Waals surface area contributed by atoms with Crippen molar-refractivity contribution < 1.29 is 4.79 Å². The first-order valence-electron chi connectivity index (χ1n) is 5.67. The van der Waals surface area contributed by atoms with Crippen molar-refractivity contribution in [2.24, 2.45) is 0 Å². The molecule has 1 aromatic carbocycles. The fourth-order valence-corrected chi connectivity index (χ4v) is 2.36. The van der Waals surface area contributed by atoms with E-state index in [4.69, 9.17) is 0 Å². The molecule has 1 N–H and O–H groups in total. The highest BCUT2D eigenvalue weighted by atomic mass is 16.1. The Morgan fingerprint density at radius 3 is 3.00 bits per heavy atom. The quantitative estimate of drug-likeness (QED) is 0.791. The summed E-state index contributed by atoms with van der Waals surface area (Å²) in [7, 11) is 0. The van der Waals surface area contributed by atoms with Crippen LogP contribution in [-0.4, -0.2) is 23.9 Å². The first-order valence-corrected chi connectivity index (χ1v) is 5.67. The standard InChI is InChI=1S/C13H14N2O/c16-10-4-3-7-15(9-10)13-8-14-12-6-2-1-5-11(12)13/h1-2,5-6,8,14H,3-4,7,9H2. The topological polar surface area (TPSA) is 36.1 Å². The summed E-state index contributed by atoms with van der Waals surface area (Å²) < 4.78 is 0. The molecular weight excluding hydrogens is 200 g/mol. The van der Waals surface area contributed by atoms with E-state index >= 15 is 0 Å². The third kappa shape index (κ3) is 1.48. The van der Waals surface area contributed by atoms with Crippen LogP contribution in [-0.2, 0) is 4.79 Å². The lowest BCUT2D eigenvalue weighted by molar-refractivity contribution is -0.118. The van der Waals surface area contributed by atoms with Crippen LogP contribution in [0.2, 0.25) is 0 Å². The Hall–Kier alpha value is -1.77. The van der Waals surface area contributed by atoms with E-state index in [1.54, 1.807) is 0 Å². The number of anilines is 1. The predicted octanol–water partition coefficient (Wildman–Crippen LogP) is 2.34. The summed E-state index contributed by atoms with van der Waals surface area (Å²) in [5.41, 5.74) is 2.29. The van der Waals surface area contributed by atoms with Crippen LogP contribution in [0.3, 0.4) is 0 Å². The molecular formula is C13H14N2O. The number of para-hydroxylation sites is 1. The highest BCUT2D eigenvalue weighted by molar-refractivity contribution is 5.95. The monoisotopic (exact) mass is 214 g/mol. The van der Waals surface area contributed by atoms with Gasteiger partial charge in [0, 0.05) is 30.1 Å². The van der Waals surface area contributed by atoms with Crippen LogP contribution >= 0.6 is 0 Å². The normalized spacial score (nSPS) is 17.0. The smallest absolute Gasteiger partial charge is 0.152 e. The van der Waals surface area contributed by atoms with Crippen LogP contribution in [0.4, 0.5) is 5.69 Å². The number of Topliss-reactive ketones (excluding diaryl/α,β-unsaturated/α-hetero) is 1. The second-order valence-corrected chi connectivity index (χ2v) is 4.28. The summed E-state index contributed by atoms with van der Waals surface area (Å²) >= 11 is 0. The molecule has 0 unspecified atom stereocenters. The van der Waals surface area contributed by atoms with Crippen LogP contribution in [0, 0.1) is 0 Å². The number of hydrogen-bond donors (Lipinski definition) is 1. The number of ketones is 1. The SMILES string of the molecule is O=C1CCCN(c2c[nH]c3ccccc23)C1. The molecule has 0 aliphatic carbocycles. The number of piperidine rings is 1. The molecule has 82 valence electrons. The molecule has 0 saturated carbocycles. The Morgan fingerprint density at radius 2 is 2.12 bits per heavy atom. The number of fused-ring (bicyclic) bond motifs is 1. The predicted molar refractivity (Wildman–Crippen MR) is 64.8 cm³/mol. The van der Waals surface area contributed by atoms with Crippen molar-refractivity contribution in [3.63, 3.8) is 0 Å². The molecule has 0 radical (unpaired) electrons. The van der Waals surface area contributed by atoms with E-state index in [9.17, 15) is 4.79 Å². The van der Waals surface area contributed by atoms with Gasteiger partial charge in [-0.25, -0.2) is 0 Å². The second-order valence-electron chi connectivity index (χ2n) is 4.28. The van der Waals surface area contributed by atoms with Crippen LogP contribution < -0.4 is 4.90 Å². The summed E-state index contributed by atoms with van der Waals surface area (Å²) in [4.78, 5) is 16.9. The lowest BCUT2D eigenvalue weighted by Crippen LogP contribution is -2.35. The van der Waals surface area contributed by atoms with E-state index in [1.807, 2.05) is 18.3 Å². The molecule has 2 heterocycles. The van der Waals surface area contributed by atoms with Gasteiger partial charge in [-0.3, -0.25) is 4.79 Å². The average Bonchev–Trinajstić information content (AvgIpc) is 2.72. The van der Waals surface area contributed by atoms with Crippen molar-refractivity contribution >= 4 is 22.4 Å². The van der Waals surface area contributed by atoms with E-state index in [1.165, 1.54) is 5.39 Å². The van der Waals surface area contributed by atoms with Crippen molar-refractivity contribution in [3.8, 4) is 0 Å². The summed E-state index contributed by atoms with van der Waals surface area (Å²) in [6.45, 7) is 1.54. The zero-order chi connectivity index (χ0) is 11.0. The molecule has 3 heteroatoms. The van der Waals surface area contributed by atoms with E-state index in [-0.39, 0.29) is 0 Å². The Balaban J connectivity index is 2.02. The number of aromatic nitrogens is 1. The van der Waals surface area contributed by atoms with Crippen molar-refractivity contribution in [3.05, 3.63) is 30.5 Å². The maximum atomic E-state index is 11.5. The van der Waals surface area contributed by atoms with Gasteiger partial charge in [-0.1, -0.05) is 18.2 Å². The van der Waals surface area contributed by atoms with Gasteiger partial charge in [-0.15, -0.1) is 0 Å². The van der Waals surface area contributed by atoms with E-state index in [0.29, 0.717) is 12.3 Å². The number of nitrogens with one attached hydrogen (secondary N) is 1. The Bertz CT molecular complexity index is 529. The van der Waals surface area contributed by atoms with Crippen molar-refractivity contribution in [2.75, 3.05) is 18.0 Å². The molecule has 1 aromatic heterocycles. The first kappa shape index (κ1) is 9.46. The zero-order valence-corrected chi connectivity index (χ0v) is 9.07. The van der Waals surface area contributed by atoms with Crippen LogP contribution in [0.5, 0.6) is 0 Å². The van der Waals surface area contributed by atoms with Gasteiger partial charge in [0.15, 0.2) is 5.78 Å². The van der Waals surface area contributed by atoms with E-state index in [2.05, 4.69) is 22.0 Å². The van der Waals surface area contributed by atoms with Gasteiger partial charge >= 0.3 is 0 Å². The maximum Gasteiger partial charge on any atom is 0.152 e. The number of H-pyrrole nitrogens is 1. The number of hydrogen-bond acceptors (Lipinski definition) is 2. The summed E-state index contributed by atoms with van der Waals surface area (Å²) in [5, 5.41) is 1.21. The van der Waals surface area contributed by atoms with Gasteiger partial charge in [0.1, 0.15) is 0 Å². The lowest BCUT2D eigenvalue weighted by atomic mass is 10.1. The molecule has 1 aliphatic heterocycles. The van der Waals surface area contributed by atoms with Gasteiger partial charge in [-0.05, 0) is 12.5 Å². The molecule has 2 aromatic rings. The van der Waals surface area contributed by atoms with Crippen molar-refractivity contribution in [2.45, 2.75) is 12.8 Å². The minimum atomic E-state index is 0.344. The van der Waals surface area contributed by atoms with Gasteiger partial charge < -0.3 is 9.88 Å². The molecule has 0 bridgehead atoms. The number of rotatable bonds is 1. The largest absolute Gasteiger partial charge is 0.362 e. The van der Waals surface area contributed by atoms with Crippen LogP contribution in [0.25, 0.3) is 10.9 Å². The summed E-state index contributed by atoms with van der Waals surface area (Å²) in [6, 6.07) is 8.21. The molecule has 0 spiro atoms. The Labute approximate surface area is 94.1 Å². The Kier molecular flexibility index (Phi) is 2.17. The summed E-state index contributed by atoms with van der Waals surface area (Å²) in [6.07, 6.45) is 3.71. The highest BCUT2D eigenvalue weighted by Crippen LogP contribution is 2.27. The van der Waals surface area contributed by atoms with Gasteiger partial charge in [0.2, 0.25) is 0 Å².